The monoisotopic (exact) mass is 314 g/mol. The summed E-state index contributed by atoms with van der Waals surface area (Å²) < 4.78 is 0. The smallest absolute Gasteiger partial charge is 0.223 e. The van der Waals surface area contributed by atoms with E-state index in [1.54, 1.807) is 12.1 Å². The molecule has 1 saturated heterocycles. The molecule has 1 atom stereocenters. The van der Waals surface area contributed by atoms with Crippen LogP contribution >= 0.6 is 23.2 Å². The highest BCUT2D eigenvalue weighted by Crippen LogP contribution is 2.23. The van der Waals surface area contributed by atoms with Gasteiger partial charge in [-0.15, -0.1) is 0 Å². The van der Waals surface area contributed by atoms with Gasteiger partial charge in [-0.2, -0.15) is 0 Å². The number of carbonyl (C=O) groups is 1. The van der Waals surface area contributed by atoms with Crippen LogP contribution in [0.2, 0.25) is 10.0 Å². The van der Waals surface area contributed by atoms with Crippen molar-refractivity contribution in [1.82, 2.24) is 4.90 Å². The van der Waals surface area contributed by atoms with Crippen molar-refractivity contribution in [2.24, 2.45) is 5.73 Å². The normalized spacial score (nSPS) is 19.1. The number of likely N-dealkylation sites (tertiary alicyclic amines) is 1. The molecule has 1 aromatic rings. The van der Waals surface area contributed by atoms with Gasteiger partial charge in [-0.05, 0) is 43.4 Å². The quantitative estimate of drug-likeness (QED) is 0.927. The van der Waals surface area contributed by atoms with Crippen LogP contribution in [0.15, 0.2) is 18.2 Å². The maximum absolute atomic E-state index is 12.3. The fourth-order valence-corrected chi connectivity index (χ4v) is 3.19. The maximum atomic E-state index is 12.3. The van der Waals surface area contributed by atoms with Gasteiger partial charge in [0, 0.05) is 35.6 Å². The molecule has 2 N–H and O–H groups in total. The van der Waals surface area contributed by atoms with E-state index in [1.165, 1.54) is 0 Å². The fourth-order valence-electron chi connectivity index (χ4n) is 2.68. The van der Waals surface area contributed by atoms with Gasteiger partial charge >= 0.3 is 0 Å². The molecule has 0 radical (unpaired) electrons. The third kappa shape index (κ3) is 3.87. The highest BCUT2D eigenvalue weighted by Gasteiger charge is 2.25. The number of hydrogen-bond acceptors (Lipinski definition) is 2. The molecule has 0 spiro atoms. The second kappa shape index (κ2) is 7.30. The van der Waals surface area contributed by atoms with Crippen molar-refractivity contribution in [3.05, 3.63) is 33.8 Å². The molecule has 3 nitrogen and oxygen atoms in total. The minimum absolute atomic E-state index is 0.172. The van der Waals surface area contributed by atoms with Gasteiger partial charge in [0.1, 0.15) is 0 Å². The molecule has 1 aromatic carbocycles. The molecule has 1 aliphatic heterocycles. The SMILES string of the molecule is NCC1CCCCN1C(=O)CCc1ccc(Cl)cc1Cl. The number of halogens is 2. The summed E-state index contributed by atoms with van der Waals surface area (Å²) in [5.41, 5.74) is 6.71. The second-order valence-electron chi connectivity index (χ2n) is 5.21. The lowest BCUT2D eigenvalue weighted by molar-refractivity contribution is -0.134. The number of benzene rings is 1. The van der Waals surface area contributed by atoms with Crippen molar-refractivity contribution < 1.29 is 4.79 Å². The van der Waals surface area contributed by atoms with Gasteiger partial charge < -0.3 is 10.6 Å². The van der Waals surface area contributed by atoms with Gasteiger partial charge in [-0.3, -0.25) is 4.79 Å². The van der Waals surface area contributed by atoms with Crippen LogP contribution in [0, 0.1) is 0 Å². The third-order valence-corrected chi connectivity index (χ3v) is 4.43. The topological polar surface area (TPSA) is 46.3 Å². The van der Waals surface area contributed by atoms with Crippen molar-refractivity contribution in [1.29, 1.82) is 0 Å². The Morgan fingerprint density at radius 3 is 2.85 bits per heavy atom. The average Bonchev–Trinajstić information content (AvgIpc) is 2.46. The largest absolute Gasteiger partial charge is 0.338 e. The van der Waals surface area contributed by atoms with Crippen molar-refractivity contribution >= 4 is 29.1 Å². The zero-order valence-electron chi connectivity index (χ0n) is 11.4. The first-order valence-corrected chi connectivity index (χ1v) is 7.81. The molecule has 5 heteroatoms. The lowest BCUT2D eigenvalue weighted by Crippen LogP contribution is -2.47. The molecule has 1 heterocycles. The number of carbonyl (C=O) groups excluding carboxylic acids is 1. The molecule has 1 amide bonds. The number of rotatable bonds is 4. The molecule has 0 saturated carbocycles. The predicted octanol–water partition coefficient (Wildman–Crippen LogP) is 3.27. The van der Waals surface area contributed by atoms with Crippen LogP contribution < -0.4 is 5.73 Å². The van der Waals surface area contributed by atoms with E-state index in [9.17, 15) is 4.79 Å². The Labute approximate surface area is 130 Å². The lowest BCUT2D eigenvalue weighted by Gasteiger charge is -2.35. The van der Waals surface area contributed by atoms with Crippen molar-refractivity contribution in [3.8, 4) is 0 Å². The molecule has 1 fully saturated rings. The van der Waals surface area contributed by atoms with Crippen LogP contribution in [-0.4, -0.2) is 29.9 Å². The van der Waals surface area contributed by atoms with E-state index in [1.807, 2.05) is 11.0 Å². The first kappa shape index (κ1) is 15.6. The van der Waals surface area contributed by atoms with Crippen LogP contribution in [-0.2, 0) is 11.2 Å². The minimum Gasteiger partial charge on any atom is -0.338 e. The molecule has 20 heavy (non-hydrogen) atoms. The van der Waals surface area contributed by atoms with Crippen LogP contribution in [0.1, 0.15) is 31.2 Å². The summed E-state index contributed by atoms with van der Waals surface area (Å²) in [6.45, 7) is 1.38. The average molecular weight is 315 g/mol. The molecule has 1 aliphatic rings. The maximum Gasteiger partial charge on any atom is 0.223 e. The molecular formula is C15H20Cl2N2O. The van der Waals surface area contributed by atoms with Crippen LogP contribution in [0.3, 0.4) is 0 Å². The number of nitrogens with two attached hydrogens (primary N) is 1. The molecule has 0 aliphatic carbocycles. The zero-order valence-corrected chi connectivity index (χ0v) is 13.0. The minimum atomic E-state index is 0.172. The molecule has 0 aromatic heterocycles. The van der Waals surface area contributed by atoms with Gasteiger partial charge in [-0.1, -0.05) is 29.3 Å². The lowest BCUT2D eigenvalue weighted by atomic mass is 10.0. The first-order chi connectivity index (χ1) is 9.61. The third-order valence-electron chi connectivity index (χ3n) is 3.84. The number of aryl methyl sites for hydroxylation is 1. The Morgan fingerprint density at radius 2 is 2.15 bits per heavy atom. The standard InChI is InChI=1S/C15H20Cl2N2O/c16-12-6-4-11(14(17)9-12)5-7-15(20)19-8-2-1-3-13(19)10-18/h4,6,9,13H,1-3,5,7-8,10,18H2. The first-order valence-electron chi connectivity index (χ1n) is 7.05. The summed E-state index contributed by atoms with van der Waals surface area (Å²) in [4.78, 5) is 14.3. The number of hydrogen-bond donors (Lipinski definition) is 1. The predicted molar refractivity (Wildman–Crippen MR) is 83.2 cm³/mol. The van der Waals surface area contributed by atoms with Crippen molar-refractivity contribution in [2.45, 2.75) is 38.1 Å². The number of piperidine rings is 1. The second-order valence-corrected chi connectivity index (χ2v) is 6.05. The van der Waals surface area contributed by atoms with E-state index in [2.05, 4.69) is 0 Å². The van der Waals surface area contributed by atoms with Crippen molar-refractivity contribution in [2.75, 3.05) is 13.1 Å². The van der Waals surface area contributed by atoms with E-state index in [-0.39, 0.29) is 11.9 Å². The van der Waals surface area contributed by atoms with Gasteiger partial charge in [-0.25, -0.2) is 0 Å². The van der Waals surface area contributed by atoms with Crippen LogP contribution in [0.4, 0.5) is 0 Å². The van der Waals surface area contributed by atoms with E-state index < -0.39 is 0 Å². The summed E-state index contributed by atoms with van der Waals surface area (Å²) in [6.07, 6.45) is 4.36. The molecule has 110 valence electrons. The Morgan fingerprint density at radius 1 is 1.35 bits per heavy atom. The van der Waals surface area contributed by atoms with Crippen molar-refractivity contribution in [3.63, 3.8) is 0 Å². The highest BCUT2D eigenvalue weighted by molar-refractivity contribution is 6.35. The molecule has 0 bridgehead atoms. The summed E-state index contributed by atoms with van der Waals surface area (Å²) >= 11 is 12.0. The van der Waals surface area contributed by atoms with E-state index in [0.717, 1.165) is 31.4 Å². The Bertz CT molecular complexity index is 479. The number of amides is 1. The Kier molecular flexibility index (Phi) is 5.70. The summed E-state index contributed by atoms with van der Waals surface area (Å²) in [6, 6.07) is 5.61. The van der Waals surface area contributed by atoms with E-state index >= 15 is 0 Å². The van der Waals surface area contributed by atoms with E-state index in [4.69, 9.17) is 28.9 Å². The number of nitrogens with zero attached hydrogens (tertiary/aromatic N) is 1. The van der Waals surface area contributed by atoms with E-state index in [0.29, 0.717) is 29.4 Å². The molecule has 1 unspecified atom stereocenters. The van der Waals surface area contributed by atoms with Crippen LogP contribution in [0.5, 0.6) is 0 Å². The summed E-state index contributed by atoms with van der Waals surface area (Å²) in [7, 11) is 0. The van der Waals surface area contributed by atoms with Crippen LogP contribution in [0.25, 0.3) is 0 Å². The van der Waals surface area contributed by atoms with Gasteiger partial charge in [0.2, 0.25) is 5.91 Å². The highest BCUT2D eigenvalue weighted by atomic mass is 35.5. The van der Waals surface area contributed by atoms with Gasteiger partial charge in [0.25, 0.3) is 0 Å². The zero-order chi connectivity index (χ0) is 14.5. The fraction of sp³-hybridized carbons (Fsp3) is 0.533. The molecular weight excluding hydrogens is 295 g/mol. The Balaban J connectivity index is 1.94. The Hall–Kier alpha value is -0.770. The van der Waals surface area contributed by atoms with Gasteiger partial charge in [0.05, 0.1) is 0 Å². The molecule has 2 rings (SSSR count). The summed E-state index contributed by atoms with van der Waals surface area (Å²) in [5, 5.41) is 1.24. The summed E-state index contributed by atoms with van der Waals surface area (Å²) in [5.74, 6) is 0.172. The van der Waals surface area contributed by atoms with Gasteiger partial charge in [0.15, 0.2) is 0 Å².